The molecular weight excluding hydrogens is 370 g/mol. The minimum Gasteiger partial charge on any atom is -0.494 e. The first-order valence-corrected chi connectivity index (χ1v) is 9.52. The number of nitrogens with one attached hydrogen (secondary N) is 1. The predicted molar refractivity (Wildman–Crippen MR) is 107 cm³/mol. The standard InChI is InChI=1S/C19H23N3O2S.ClH/c1-2-24-16-5-7-17(8-6-16)25-14-19(23)22-11-10-21-13-18(22)15-4-3-9-20-12-15;/h3-9,12,18,21H,2,10-11,13-14H2,1H3;1H. The Morgan fingerprint density at radius 2 is 2.15 bits per heavy atom. The molecule has 2 heterocycles. The number of rotatable bonds is 6. The zero-order valence-corrected chi connectivity index (χ0v) is 16.4. The number of benzene rings is 1. The van der Waals surface area contributed by atoms with Crippen molar-refractivity contribution < 1.29 is 9.53 Å². The highest BCUT2D eigenvalue weighted by Gasteiger charge is 2.27. The van der Waals surface area contributed by atoms with Gasteiger partial charge in [-0.15, -0.1) is 24.2 Å². The molecule has 140 valence electrons. The Labute approximate surface area is 164 Å². The smallest absolute Gasteiger partial charge is 0.233 e. The molecule has 1 aliphatic heterocycles. The number of thioether (sulfide) groups is 1. The molecule has 1 amide bonds. The van der Waals surface area contributed by atoms with E-state index in [2.05, 4.69) is 10.3 Å². The number of hydrogen-bond donors (Lipinski definition) is 1. The molecule has 0 spiro atoms. The maximum Gasteiger partial charge on any atom is 0.233 e. The second-order valence-electron chi connectivity index (χ2n) is 5.79. The molecule has 0 aliphatic carbocycles. The van der Waals surface area contributed by atoms with Crippen LogP contribution in [0.4, 0.5) is 0 Å². The van der Waals surface area contributed by atoms with Gasteiger partial charge < -0.3 is 15.0 Å². The summed E-state index contributed by atoms with van der Waals surface area (Å²) in [6.07, 6.45) is 3.60. The lowest BCUT2D eigenvalue weighted by atomic mass is 10.1. The number of halogens is 1. The average molecular weight is 394 g/mol. The number of ether oxygens (including phenoxy) is 1. The molecular formula is C19H24ClN3O2S. The van der Waals surface area contributed by atoms with Gasteiger partial charge in [0, 0.05) is 36.9 Å². The molecule has 2 aromatic rings. The van der Waals surface area contributed by atoms with E-state index in [0.29, 0.717) is 12.4 Å². The van der Waals surface area contributed by atoms with Gasteiger partial charge in [-0.1, -0.05) is 6.07 Å². The summed E-state index contributed by atoms with van der Waals surface area (Å²) in [6, 6.07) is 11.9. The first kappa shape index (κ1) is 20.6. The van der Waals surface area contributed by atoms with E-state index < -0.39 is 0 Å². The van der Waals surface area contributed by atoms with Crippen LogP contribution in [-0.4, -0.2) is 47.8 Å². The first-order valence-electron chi connectivity index (χ1n) is 8.53. The summed E-state index contributed by atoms with van der Waals surface area (Å²) in [6.45, 7) is 4.95. The number of aromatic nitrogens is 1. The summed E-state index contributed by atoms with van der Waals surface area (Å²) in [7, 11) is 0. The number of amides is 1. The van der Waals surface area contributed by atoms with Crippen molar-refractivity contribution in [2.75, 3.05) is 32.0 Å². The number of pyridine rings is 1. The number of nitrogens with zero attached hydrogens (tertiary/aromatic N) is 2. The fraction of sp³-hybridized carbons (Fsp3) is 0.368. The number of carbonyl (C=O) groups excluding carboxylic acids is 1. The first-order chi connectivity index (χ1) is 12.3. The molecule has 0 saturated carbocycles. The Balaban J connectivity index is 0.00000243. The lowest BCUT2D eigenvalue weighted by Crippen LogP contribution is -2.49. The zero-order chi connectivity index (χ0) is 17.5. The van der Waals surface area contributed by atoms with E-state index in [9.17, 15) is 4.79 Å². The van der Waals surface area contributed by atoms with Crippen molar-refractivity contribution in [3.05, 3.63) is 54.4 Å². The van der Waals surface area contributed by atoms with Crippen LogP contribution >= 0.6 is 24.2 Å². The van der Waals surface area contributed by atoms with Crippen LogP contribution in [0, 0.1) is 0 Å². The van der Waals surface area contributed by atoms with Gasteiger partial charge in [0.05, 0.1) is 18.4 Å². The molecule has 3 rings (SSSR count). The molecule has 26 heavy (non-hydrogen) atoms. The van der Waals surface area contributed by atoms with Gasteiger partial charge in [0.15, 0.2) is 0 Å². The summed E-state index contributed by atoms with van der Waals surface area (Å²) >= 11 is 1.56. The van der Waals surface area contributed by atoms with Crippen LogP contribution in [0.3, 0.4) is 0 Å². The molecule has 1 N–H and O–H groups in total. The second-order valence-corrected chi connectivity index (χ2v) is 6.84. The third kappa shape index (κ3) is 5.37. The van der Waals surface area contributed by atoms with Gasteiger partial charge in [-0.2, -0.15) is 0 Å². The van der Waals surface area contributed by atoms with Gasteiger partial charge in [0.25, 0.3) is 0 Å². The van der Waals surface area contributed by atoms with Crippen molar-refractivity contribution in [1.29, 1.82) is 0 Å². The molecule has 1 unspecified atom stereocenters. The van der Waals surface area contributed by atoms with Crippen LogP contribution in [0.2, 0.25) is 0 Å². The molecule has 1 atom stereocenters. The normalized spacial score (nSPS) is 16.7. The Kier molecular flexibility index (Phi) is 8.22. The third-order valence-electron chi connectivity index (χ3n) is 4.13. The minimum absolute atomic E-state index is 0. The Morgan fingerprint density at radius 3 is 2.85 bits per heavy atom. The molecule has 5 nitrogen and oxygen atoms in total. The topological polar surface area (TPSA) is 54.5 Å². The van der Waals surface area contributed by atoms with Gasteiger partial charge in [0.1, 0.15) is 5.75 Å². The van der Waals surface area contributed by atoms with Crippen LogP contribution in [0.15, 0.2) is 53.7 Å². The fourth-order valence-electron chi connectivity index (χ4n) is 2.90. The highest BCUT2D eigenvalue weighted by molar-refractivity contribution is 8.00. The second kappa shape index (κ2) is 10.4. The van der Waals surface area contributed by atoms with Gasteiger partial charge in [0.2, 0.25) is 5.91 Å². The Bertz CT molecular complexity index is 685. The monoisotopic (exact) mass is 393 g/mol. The van der Waals surface area contributed by atoms with Crippen molar-refractivity contribution in [1.82, 2.24) is 15.2 Å². The van der Waals surface area contributed by atoms with Crippen LogP contribution in [0.1, 0.15) is 18.5 Å². The van der Waals surface area contributed by atoms with Crippen molar-refractivity contribution in [2.24, 2.45) is 0 Å². The molecule has 0 bridgehead atoms. The minimum atomic E-state index is 0. The number of hydrogen-bond acceptors (Lipinski definition) is 5. The van der Waals surface area contributed by atoms with Gasteiger partial charge in [-0.3, -0.25) is 9.78 Å². The molecule has 1 aromatic heterocycles. The van der Waals surface area contributed by atoms with E-state index in [4.69, 9.17) is 4.74 Å². The van der Waals surface area contributed by atoms with Gasteiger partial charge >= 0.3 is 0 Å². The quantitative estimate of drug-likeness (QED) is 0.764. The van der Waals surface area contributed by atoms with E-state index in [0.717, 1.165) is 35.8 Å². The summed E-state index contributed by atoms with van der Waals surface area (Å²) < 4.78 is 5.45. The van der Waals surface area contributed by atoms with Crippen molar-refractivity contribution in [3.8, 4) is 5.75 Å². The largest absolute Gasteiger partial charge is 0.494 e. The highest BCUT2D eigenvalue weighted by Crippen LogP contribution is 2.25. The summed E-state index contributed by atoms with van der Waals surface area (Å²) in [5.41, 5.74) is 1.08. The van der Waals surface area contributed by atoms with Crippen molar-refractivity contribution >= 4 is 30.1 Å². The lowest BCUT2D eigenvalue weighted by molar-refractivity contribution is -0.131. The summed E-state index contributed by atoms with van der Waals surface area (Å²) in [4.78, 5) is 20.0. The maximum absolute atomic E-state index is 12.8. The van der Waals surface area contributed by atoms with Gasteiger partial charge in [-0.25, -0.2) is 0 Å². The van der Waals surface area contributed by atoms with Crippen molar-refractivity contribution in [2.45, 2.75) is 17.9 Å². The third-order valence-corrected chi connectivity index (χ3v) is 5.13. The van der Waals surface area contributed by atoms with Crippen LogP contribution in [0.25, 0.3) is 0 Å². The van der Waals surface area contributed by atoms with E-state index in [-0.39, 0.29) is 24.4 Å². The fourth-order valence-corrected chi connectivity index (χ4v) is 3.68. The molecule has 7 heteroatoms. The van der Waals surface area contributed by atoms with E-state index in [1.165, 1.54) is 0 Å². The average Bonchev–Trinajstić information content (AvgIpc) is 2.68. The lowest BCUT2D eigenvalue weighted by Gasteiger charge is -2.36. The number of carbonyl (C=O) groups is 1. The molecule has 1 aromatic carbocycles. The van der Waals surface area contributed by atoms with E-state index >= 15 is 0 Å². The maximum atomic E-state index is 12.8. The SMILES string of the molecule is CCOc1ccc(SCC(=O)N2CCNCC2c2cccnc2)cc1.Cl. The highest BCUT2D eigenvalue weighted by atomic mass is 35.5. The Morgan fingerprint density at radius 1 is 1.35 bits per heavy atom. The zero-order valence-electron chi connectivity index (χ0n) is 14.8. The summed E-state index contributed by atoms with van der Waals surface area (Å²) in [5.74, 6) is 1.45. The molecule has 1 aliphatic rings. The van der Waals surface area contributed by atoms with Gasteiger partial charge in [-0.05, 0) is 42.8 Å². The summed E-state index contributed by atoms with van der Waals surface area (Å²) in [5, 5.41) is 3.37. The van der Waals surface area contributed by atoms with E-state index in [1.54, 1.807) is 18.0 Å². The Hall–Kier alpha value is -1.76. The van der Waals surface area contributed by atoms with Crippen LogP contribution < -0.4 is 10.1 Å². The van der Waals surface area contributed by atoms with Crippen LogP contribution in [-0.2, 0) is 4.79 Å². The van der Waals surface area contributed by atoms with Crippen LogP contribution in [0.5, 0.6) is 5.75 Å². The molecule has 1 saturated heterocycles. The van der Waals surface area contributed by atoms with Crippen molar-refractivity contribution in [3.63, 3.8) is 0 Å². The van der Waals surface area contributed by atoms with E-state index in [1.807, 2.05) is 54.4 Å². The molecule has 1 fully saturated rings. The predicted octanol–water partition coefficient (Wildman–Crippen LogP) is 3.17. The molecule has 0 radical (unpaired) electrons. The number of piperazine rings is 1.